The van der Waals surface area contributed by atoms with E-state index >= 15 is 0 Å². The van der Waals surface area contributed by atoms with Gasteiger partial charge < -0.3 is 10.6 Å². The Kier molecular flexibility index (Phi) is 10.3. The van der Waals surface area contributed by atoms with Gasteiger partial charge in [-0.15, -0.1) is 36.2 Å². The summed E-state index contributed by atoms with van der Waals surface area (Å²) in [5.74, 6) is 0.0912. The quantitative estimate of drug-likeness (QED) is 0.713. The van der Waals surface area contributed by atoms with Gasteiger partial charge in [-0.3, -0.25) is 14.5 Å². The number of hydrogen-bond acceptors (Lipinski definition) is 5. The number of hydrogen-bond donors (Lipinski definition) is 2. The molecular formula is C13H22Cl2N4O2S. The second kappa shape index (κ2) is 10.8. The molecule has 0 atom stereocenters. The lowest BCUT2D eigenvalue weighted by atomic mass is 10.3. The lowest BCUT2D eigenvalue weighted by Crippen LogP contribution is -2.32. The molecule has 1 aromatic heterocycles. The van der Waals surface area contributed by atoms with Crippen LogP contribution >= 0.6 is 36.2 Å². The molecule has 6 nitrogen and oxygen atoms in total. The molecule has 22 heavy (non-hydrogen) atoms. The van der Waals surface area contributed by atoms with Gasteiger partial charge in [0.05, 0.1) is 12.1 Å². The zero-order chi connectivity index (χ0) is 14.4. The average Bonchev–Trinajstić information content (AvgIpc) is 3.03. The monoisotopic (exact) mass is 368 g/mol. The molecule has 1 fully saturated rings. The van der Waals surface area contributed by atoms with E-state index in [1.54, 1.807) is 4.90 Å². The first-order valence-electron chi connectivity index (χ1n) is 6.93. The second-order valence-electron chi connectivity index (χ2n) is 4.65. The van der Waals surface area contributed by atoms with Crippen LogP contribution in [-0.4, -0.2) is 43.0 Å². The van der Waals surface area contributed by atoms with E-state index in [0.717, 1.165) is 31.7 Å². The van der Waals surface area contributed by atoms with E-state index in [-0.39, 0.29) is 43.0 Å². The molecule has 1 saturated heterocycles. The zero-order valence-corrected chi connectivity index (χ0v) is 14.9. The molecule has 9 heteroatoms. The minimum absolute atomic E-state index is 0. The molecule has 2 rings (SSSR count). The number of rotatable bonds is 7. The van der Waals surface area contributed by atoms with Gasteiger partial charge >= 0.3 is 0 Å². The highest BCUT2D eigenvalue weighted by Gasteiger charge is 2.24. The summed E-state index contributed by atoms with van der Waals surface area (Å²) < 4.78 is 0. The number of nitrogens with zero attached hydrogens (tertiary/aromatic N) is 2. The third-order valence-electron chi connectivity index (χ3n) is 3.06. The van der Waals surface area contributed by atoms with Gasteiger partial charge in [-0.05, 0) is 13.0 Å². The van der Waals surface area contributed by atoms with Gasteiger partial charge in [0.25, 0.3) is 0 Å². The summed E-state index contributed by atoms with van der Waals surface area (Å²) in [5.41, 5.74) is 0.727. The molecular weight excluding hydrogens is 347 g/mol. The first-order valence-corrected chi connectivity index (χ1v) is 7.81. The fourth-order valence-electron chi connectivity index (χ4n) is 2.05. The van der Waals surface area contributed by atoms with Crippen LogP contribution in [0, 0.1) is 0 Å². The number of amides is 2. The molecule has 0 spiro atoms. The van der Waals surface area contributed by atoms with Gasteiger partial charge in [0.15, 0.2) is 5.13 Å². The van der Waals surface area contributed by atoms with Gasteiger partial charge in [0, 0.05) is 31.4 Å². The molecule has 0 aromatic carbocycles. The lowest BCUT2D eigenvalue weighted by Gasteiger charge is -2.10. The van der Waals surface area contributed by atoms with E-state index in [0.29, 0.717) is 18.1 Å². The smallest absolute Gasteiger partial charge is 0.228 e. The number of halogens is 2. The van der Waals surface area contributed by atoms with Crippen molar-refractivity contribution < 1.29 is 9.59 Å². The largest absolute Gasteiger partial charge is 0.354 e. The molecule has 2 heterocycles. The zero-order valence-electron chi connectivity index (χ0n) is 12.5. The minimum Gasteiger partial charge on any atom is -0.354 e. The van der Waals surface area contributed by atoms with Crippen molar-refractivity contribution in [1.29, 1.82) is 0 Å². The van der Waals surface area contributed by atoms with E-state index < -0.39 is 0 Å². The summed E-state index contributed by atoms with van der Waals surface area (Å²) in [6.45, 7) is 5.05. The first kappa shape index (κ1) is 21.1. The van der Waals surface area contributed by atoms with Gasteiger partial charge in [-0.1, -0.05) is 6.92 Å². The summed E-state index contributed by atoms with van der Waals surface area (Å²) in [7, 11) is 0. The Morgan fingerprint density at radius 1 is 1.41 bits per heavy atom. The maximum Gasteiger partial charge on any atom is 0.228 e. The van der Waals surface area contributed by atoms with Crippen molar-refractivity contribution in [2.45, 2.75) is 26.2 Å². The van der Waals surface area contributed by atoms with E-state index in [1.165, 1.54) is 11.3 Å². The van der Waals surface area contributed by atoms with Crippen LogP contribution in [0.3, 0.4) is 0 Å². The highest BCUT2D eigenvalue weighted by Crippen LogP contribution is 2.25. The first-order chi connectivity index (χ1) is 9.70. The topological polar surface area (TPSA) is 74.3 Å². The van der Waals surface area contributed by atoms with Crippen molar-refractivity contribution in [2.75, 3.05) is 31.1 Å². The van der Waals surface area contributed by atoms with Crippen molar-refractivity contribution in [3.8, 4) is 0 Å². The maximum atomic E-state index is 11.7. The Morgan fingerprint density at radius 3 is 2.82 bits per heavy atom. The number of thiazole rings is 1. The number of carbonyl (C=O) groups excluding carboxylic acids is 2. The number of aromatic nitrogens is 1. The Balaban J connectivity index is 0.00000220. The second-order valence-corrected chi connectivity index (χ2v) is 5.49. The highest BCUT2D eigenvalue weighted by atomic mass is 35.5. The number of likely N-dealkylation sites (N-methyl/N-ethyl adjacent to an activating group) is 1. The molecule has 2 N–H and O–H groups in total. The molecule has 2 amide bonds. The van der Waals surface area contributed by atoms with Gasteiger partial charge in [-0.25, -0.2) is 4.98 Å². The molecule has 0 aliphatic carbocycles. The normalized spacial score (nSPS) is 13.5. The van der Waals surface area contributed by atoms with Crippen molar-refractivity contribution in [1.82, 2.24) is 15.6 Å². The number of nitrogens with one attached hydrogen (secondary N) is 2. The van der Waals surface area contributed by atoms with E-state index in [9.17, 15) is 9.59 Å². The van der Waals surface area contributed by atoms with Gasteiger partial charge in [0.1, 0.15) is 0 Å². The molecule has 0 radical (unpaired) electrons. The van der Waals surface area contributed by atoms with Crippen molar-refractivity contribution in [3.63, 3.8) is 0 Å². The van der Waals surface area contributed by atoms with E-state index in [1.807, 2.05) is 12.3 Å². The Morgan fingerprint density at radius 2 is 2.18 bits per heavy atom. The summed E-state index contributed by atoms with van der Waals surface area (Å²) in [5, 5.41) is 8.54. The predicted octanol–water partition coefficient (Wildman–Crippen LogP) is 1.38. The van der Waals surface area contributed by atoms with Crippen LogP contribution in [0.25, 0.3) is 0 Å². The van der Waals surface area contributed by atoms with Crippen molar-refractivity contribution >= 4 is 53.1 Å². The molecule has 0 unspecified atom stereocenters. The average molecular weight is 369 g/mol. The molecule has 1 aliphatic rings. The fourth-order valence-corrected chi connectivity index (χ4v) is 2.91. The number of anilines is 1. The van der Waals surface area contributed by atoms with Crippen LogP contribution in [0.1, 0.15) is 25.5 Å². The summed E-state index contributed by atoms with van der Waals surface area (Å²) in [6, 6.07) is 0. The minimum atomic E-state index is -0.0347. The van der Waals surface area contributed by atoms with Crippen LogP contribution in [0.2, 0.25) is 0 Å². The third kappa shape index (κ3) is 6.08. The SMILES string of the molecule is CCNCCNC(=O)Cc1csc(N2CCCC2=O)n1.Cl.Cl. The summed E-state index contributed by atoms with van der Waals surface area (Å²) in [4.78, 5) is 29.4. The lowest BCUT2D eigenvalue weighted by molar-refractivity contribution is -0.120. The van der Waals surface area contributed by atoms with Crippen LogP contribution in [0.4, 0.5) is 5.13 Å². The van der Waals surface area contributed by atoms with Crippen LogP contribution in [0.15, 0.2) is 5.38 Å². The van der Waals surface area contributed by atoms with Crippen LogP contribution in [-0.2, 0) is 16.0 Å². The van der Waals surface area contributed by atoms with E-state index in [2.05, 4.69) is 15.6 Å². The summed E-state index contributed by atoms with van der Waals surface area (Å²) in [6.07, 6.45) is 1.75. The van der Waals surface area contributed by atoms with Gasteiger partial charge in [-0.2, -0.15) is 0 Å². The summed E-state index contributed by atoms with van der Waals surface area (Å²) >= 11 is 1.43. The van der Waals surface area contributed by atoms with E-state index in [4.69, 9.17) is 0 Å². The third-order valence-corrected chi connectivity index (χ3v) is 3.97. The molecule has 126 valence electrons. The Bertz CT molecular complexity index is 484. The number of carbonyl (C=O) groups is 2. The van der Waals surface area contributed by atoms with Crippen LogP contribution in [0.5, 0.6) is 0 Å². The Labute approximate surface area is 146 Å². The van der Waals surface area contributed by atoms with Gasteiger partial charge in [0.2, 0.25) is 11.8 Å². The maximum absolute atomic E-state index is 11.7. The van der Waals surface area contributed by atoms with Crippen molar-refractivity contribution in [2.24, 2.45) is 0 Å². The molecule has 1 aliphatic heterocycles. The van der Waals surface area contributed by atoms with Crippen molar-refractivity contribution in [3.05, 3.63) is 11.1 Å². The molecule has 0 saturated carbocycles. The Hall–Kier alpha value is -0.890. The standard InChI is InChI=1S/C13H20N4O2S.2ClH/c1-2-14-5-6-15-11(18)8-10-9-20-13(16-10)17-7-3-4-12(17)19;;/h9,14H,2-8H2,1H3,(H,15,18);2*1H. The predicted molar refractivity (Wildman–Crippen MR) is 93.5 cm³/mol. The van der Waals surface area contributed by atoms with Crippen LogP contribution < -0.4 is 15.5 Å². The molecule has 1 aromatic rings. The fraction of sp³-hybridized carbons (Fsp3) is 0.615. The molecule has 0 bridgehead atoms. The highest BCUT2D eigenvalue weighted by molar-refractivity contribution is 7.14.